The van der Waals surface area contributed by atoms with Crippen molar-refractivity contribution >= 4 is 11.9 Å². The van der Waals surface area contributed by atoms with Gasteiger partial charge in [-0.25, -0.2) is 4.98 Å². The molecule has 4 unspecified atom stereocenters. The highest BCUT2D eigenvalue weighted by atomic mass is 16.5. The fourth-order valence-electron chi connectivity index (χ4n) is 6.92. The molecule has 6 rings (SSSR count). The van der Waals surface area contributed by atoms with E-state index in [1.807, 2.05) is 0 Å². The van der Waals surface area contributed by atoms with E-state index in [1.165, 1.54) is 44.9 Å². The van der Waals surface area contributed by atoms with Crippen molar-refractivity contribution < 1.29 is 14.3 Å². The molecular formula is C25H36N4O3. The van der Waals surface area contributed by atoms with Crippen molar-refractivity contribution in [2.24, 2.45) is 23.7 Å². The van der Waals surface area contributed by atoms with Crippen LogP contribution in [0.2, 0.25) is 0 Å². The number of carbonyl (C=O) groups is 1. The van der Waals surface area contributed by atoms with Crippen molar-refractivity contribution in [3.8, 4) is 5.88 Å². The molecule has 3 bridgehead atoms. The van der Waals surface area contributed by atoms with Gasteiger partial charge in [0.1, 0.15) is 11.7 Å². The monoisotopic (exact) mass is 440 g/mol. The van der Waals surface area contributed by atoms with Gasteiger partial charge in [0.05, 0.1) is 0 Å². The fourth-order valence-corrected chi connectivity index (χ4v) is 6.92. The molecule has 7 heteroatoms. The third kappa shape index (κ3) is 4.09. The summed E-state index contributed by atoms with van der Waals surface area (Å²) in [6.45, 7) is 1.52. The summed E-state index contributed by atoms with van der Waals surface area (Å²) in [7, 11) is 0. The minimum atomic E-state index is -0.0587. The Labute approximate surface area is 190 Å². The summed E-state index contributed by atoms with van der Waals surface area (Å²) in [6, 6.07) is 0.603. The van der Waals surface area contributed by atoms with E-state index in [9.17, 15) is 4.79 Å². The zero-order valence-electron chi connectivity index (χ0n) is 18.9. The smallest absolute Gasteiger partial charge is 0.258 e. The maximum Gasteiger partial charge on any atom is 0.258 e. The number of nitrogens with zero attached hydrogens (tertiary/aromatic N) is 2. The first kappa shape index (κ1) is 20.7. The molecule has 0 aromatic carbocycles. The third-order valence-electron chi connectivity index (χ3n) is 8.78. The largest absolute Gasteiger partial charge is 0.474 e. The Morgan fingerprint density at radius 2 is 1.81 bits per heavy atom. The van der Waals surface area contributed by atoms with E-state index in [-0.39, 0.29) is 12.0 Å². The molecule has 1 aromatic heterocycles. The van der Waals surface area contributed by atoms with Gasteiger partial charge in [0.15, 0.2) is 0 Å². The van der Waals surface area contributed by atoms with E-state index in [0.29, 0.717) is 41.3 Å². The van der Waals surface area contributed by atoms with Gasteiger partial charge in [0.2, 0.25) is 11.8 Å². The Balaban J connectivity index is 1.20. The molecule has 2 heterocycles. The lowest BCUT2D eigenvalue weighted by Crippen LogP contribution is -2.42. The Bertz CT molecular complexity index is 838. The minimum Gasteiger partial charge on any atom is -0.474 e. The van der Waals surface area contributed by atoms with Crippen LogP contribution in [0.15, 0.2) is 6.20 Å². The lowest BCUT2D eigenvalue weighted by Gasteiger charge is -2.30. The highest BCUT2D eigenvalue weighted by molar-refractivity contribution is 5.96. The molecule has 5 fully saturated rings. The molecule has 1 saturated heterocycles. The summed E-state index contributed by atoms with van der Waals surface area (Å²) in [5.41, 5.74) is 0.489. The van der Waals surface area contributed by atoms with Crippen LogP contribution in [0.25, 0.3) is 0 Å². The maximum atomic E-state index is 13.5. The SMILES string of the molecule is O=C(N[C@H]1C2CC3CCCC1C(C3)C2)c1cnc(NC2CCOCC2)nc1OC1CCC1. The van der Waals surface area contributed by atoms with Crippen LogP contribution in [-0.2, 0) is 4.74 Å². The van der Waals surface area contributed by atoms with Crippen LogP contribution < -0.4 is 15.4 Å². The summed E-state index contributed by atoms with van der Waals surface area (Å²) < 4.78 is 11.6. The molecule has 2 N–H and O–H groups in total. The number of hydrogen-bond acceptors (Lipinski definition) is 6. The number of aromatic nitrogens is 2. The van der Waals surface area contributed by atoms with Crippen LogP contribution >= 0.6 is 0 Å². The number of nitrogens with one attached hydrogen (secondary N) is 2. The van der Waals surface area contributed by atoms with E-state index in [1.54, 1.807) is 6.20 Å². The van der Waals surface area contributed by atoms with Gasteiger partial charge in [0.25, 0.3) is 5.91 Å². The molecule has 5 atom stereocenters. The number of carbonyl (C=O) groups excluding carboxylic acids is 1. The summed E-state index contributed by atoms with van der Waals surface area (Å²) >= 11 is 0. The van der Waals surface area contributed by atoms with Crippen LogP contribution in [0, 0.1) is 23.7 Å². The van der Waals surface area contributed by atoms with Crippen molar-refractivity contribution in [2.45, 2.75) is 88.8 Å². The normalized spacial score (nSPS) is 34.6. The molecule has 4 saturated carbocycles. The summed E-state index contributed by atoms with van der Waals surface area (Å²) in [5.74, 6) is 3.90. The molecule has 0 spiro atoms. The molecule has 4 aliphatic carbocycles. The lowest BCUT2D eigenvalue weighted by atomic mass is 9.79. The first-order valence-electron chi connectivity index (χ1n) is 12.9. The van der Waals surface area contributed by atoms with Crippen LogP contribution in [-0.4, -0.2) is 47.3 Å². The molecular weight excluding hydrogens is 404 g/mol. The molecule has 32 heavy (non-hydrogen) atoms. The van der Waals surface area contributed by atoms with Gasteiger partial charge in [0, 0.05) is 31.5 Å². The maximum absolute atomic E-state index is 13.5. The Morgan fingerprint density at radius 3 is 2.62 bits per heavy atom. The van der Waals surface area contributed by atoms with Gasteiger partial charge in [-0.3, -0.25) is 4.79 Å². The van der Waals surface area contributed by atoms with Gasteiger partial charge in [-0.1, -0.05) is 12.8 Å². The fraction of sp³-hybridized carbons (Fsp3) is 0.800. The van der Waals surface area contributed by atoms with Gasteiger partial charge >= 0.3 is 0 Å². The predicted octanol–water partition coefficient (Wildman–Crippen LogP) is 3.94. The Morgan fingerprint density at radius 1 is 1.00 bits per heavy atom. The first-order valence-corrected chi connectivity index (χ1v) is 12.9. The second-order valence-corrected chi connectivity index (χ2v) is 10.8. The highest BCUT2D eigenvalue weighted by Gasteiger charge is 2.49. The predicted molar refractivity (Wildman–Crippen MR) is 121 cm³/mol. The van der Waals surface area contributed by atoms with Crippen LogP contribution in [0.5, 0.6) is 5.88 Å². The van der Waals surface area contributed by atoms with E-state index in [0.717, 1.165) is 50.7 Å². The number of anilines is 1. The topological polar surface area (TPSA) is 85.4 Å². The summed E-state index contributed by atoms with van der Waals surface area (Å²) in [4.78, 5) is 22.6. The molecule has 174 valence electrons. The van der Waals surface area contributed by atoms with Gasteiger partial charge in [-0.15, -0.1) is 0 Å². The van der Waals surface area contributed by atoms with Crippen molar-refractivity contribution in [3.63, 3.8) is 0 Å². The Kier molecular flexibility index (Phi) is 5.70. The molecule has 1 aliphatic heterocycles. The van der Waals surface area contributed by atoms with Crippen LogP contribution in [0.4, 0.5) is 5.95 Å². The number of rotatable bonds is 6. The second-order valence-electron chi connectivity index (χ2n) is 10.8. The minimum absolute atomic E-state index is 0.0587. The average Bonchev–Trinajstić information content (AvgIpc) is 2.90. The van der Waals surface area contributed by atoms with E-state index in [4.69, 9.17) is 9.47 Å². The number of hydrogen-bond donors (Lipinski definition) is 2. The molecule has 0 radical (unpaired) electrons. The third-order valence-corrected chi connectivity index (χ3v) is 8.78. The average molecular weight is 441 g/mol. The lowest BCUT2D eigenvalue weighted by molar-refractivity contribution is 0.0876. The molecule has 7 nitrogen and oxygen atoms in total. The second kappa shape index (κ2) is 8.81. The number of fused-ring (bicyclic) bond motifs is 2. The Hall–Kier alpha value is -1.89. The first-order chi connectivity index (χ1) is 15.7. The molecule has 5 aliphatic rings. The zero-order valence-corrected chi connectivity index (χ0v) is 18.9. The molecule has 1 aromatic rings. The van der Waals surface area contributed by atoms with E-state index >= 15 is 0 Å². The van der Waals surface area contributed by atoms with Gasteiger partial charge in [-0.2, -0.15) is 4.98 Å². The van der Waals surface area contributed by atoms with Crippen LogP contribution in [0.3, 0.4) is 0 Å². The summed E-state index contributed by atoms with van der Waals surface area (Å²) in [6.07, 6.45) is 14.9. The van der Waals surface area contributed by atoms with Crippen LogP contribution in [0.1, 0.15) is 81.0 Å². The zero-order chi connectivity index (χ0) is 21.5. The molecule has 1 amide bonds. The van der Waals surface area contributed by atoms with Gasteiger partial charge in [-0.05, 0) is 81.5 Å². The van der Waals surface area contributed by atoms with Crippen molar-refractivity contribution in [2.75, 3.05) is 18.5 Å². The summed E-state index contributed by atoms with van der Waals surface area (Å²) in [5, 5.41) is 6.85. The van der Waals surface area contributed by atoms with E-state index < -0.39 is 0 Å². The van der Waals surface area contributed by atoms with Crippen molar-refractivity contribution in [1.29, 1.82) is 0 Å². The quantitative estimate of drug-likeness (QED) is 0.697. The highest BCUT2D eigenvalue weighted by Crippen LogP contribution is 2.53. The standard InChI is InChI=1S/C25H36N4O3/c30-23(28-22-17-12-15-3-1-6-20(22)16(11-15)13-17)21-14-26-25(27-18-7-9-31-10-8-18)29-24(21)32-19-4-2-5-19/h14-20,22H,1-13H2,(H,28,30)(H,26,27,29)/t15?,16?,17?,20?,22-/m0/s1. The number of amides is 1. The van der Waals surface area contributed by atoms with Crippen molar-refractivity contribution in [1.82, 2.24) is 15.3 Å². The van der Waals surface area contributed by atoms with E-state index in [2.05, 4.69) is 20.6 Å². The number of ether oxygens (including phenoxy) is 2. The van der Waals surface area contributed by atoms with Crippen molar-refractivity contribution in [3.05, 3.63) is 11.8 Å². The van der Waals surface area contributed by atoms with Gasteiger partial charge < -0.3 is 20.1 Å².